The third-order valence-corrected chi connectivity index (χ3v) is 6.33. The highest BCUT2D eigenvalue weighted by atomic mass is 32.1. The van der Waals surface area contributed by atoms with Crippen molar-refractivity contribution in [2.75, 3.05) is 13.7 Å². The number of rotatable bonds is 5. The molecule has 1 aliphatic rings. The molecule has 0 radical (unpaired) electrons. The fourth-order valence-electron chi connectivity index (χ4n) is 3.78. The van der Waals surface area contributed by atoms with Gasteiger partial charge in [0.2, 0.25) is 0 Å². The molecule has 0 saturated heterocycles. The van der Waals surface area contributed by atoms with Gasteiger partial charge < -0.3 is 4.74 Å². The molecule has 0 spiro atoms. The highest BCUT2D eigenvalue weighted by Gasteiger charge is 2.20. The SMILES string of the molecule is COc1ccccc1-c1ncc(CN2CCc3nc(-c4ccccc4)ncc3C2)s1. The number of ether oxygens (including phenoxy) is 1. The fourth-order valence-corrected chi connectivity index (χ4v) is 4.77. The summed E-state index contributed by atoms with van der Waals surface area (Å²) in [5, 5.41) is 0.996. The van der Waals surface area contributed by atoms with Crippen LogP contribution in [0, 0.1) is 0 Å². The van der Waals surface area contributed by atoms with Crippen molar-refractivity contribution in [2.45, 2.75) is 19.5 Å². The van der Waals surface area contributed by atoms with Gasteiger partial charge in [0.15, 0.2) is 5.82 Å². The van der Waals surface area contributed by atoms with Gasteiger partial charge in [-0.2, -0.15) is 0 Å². The Morgan fingerprint density at radius 2 is 1.83 bits per heavy atom. The molecule has 5 nitrogen and oxygen atoms in total. The Bertz CT molecular complexity index is 1160. The Labute approximate surface area is 180 Å². The van der Waals surface area contributed by atoms with Crippen molar-refractivity contribution < 1.29 is 4.74 Å². The van der Waals surface area contributed by atoms with Crippen LogP contribution in [0.1, 0.15) is 16.1 Å². The van der Waals surface area contributed by atoms with Crippen LogP contribution in [-0.2, 0) is 19.5 Å². The summed E-state index contributed by atoms with van der Waals surface area (Å²) in [5.74, 6) is 1.67. The molecule has 0 aliphatic carbocycles. The predicted molar refractivity (Wildman–Crippen MR) is 119 cm³/mol. The summed E-state index contributed by atoms with van der Waals surface area (Å²) in [6.07, 6.45) is 4.91. The summed E-state index contributed by atoms with van der Waals surface area (Å²) < 4.78 is 5.48. The van der Waals surface area contributed by atoms with Gasteiger partial charge in [-0.3, -0.25) is 4.90 Å². The molecule has 0 unspecified atom stereocenters. The number of thiazole rings is 1. The van der Waals surface area contributed by atoms with Crippen molar-refractivity contribution in [3.05, 3.63) is 83.1 Å². The molecule has 0 atom stereocenters. The number of para-hydroxylation sites is 1. The van der Waals surface area contributed by atoms with Gasteiger partial charge in [-0.1, -0.05) is 42.5 Å². The smallest absolute Gasteiger partial charge is 0.159 e. The van der Waals surface area contributed by atoms with Gasteiger partial charge in [0.1, 0.15) is 10.8 Å². The molecule has 4 aromatic rings. The van der Waals surface area contributed by atoms with E-state index in [1.165, 1.54) is 16.1 Å². The zero-order valence-electron chi connectivity index (χ0n) is 16.8. The van der Waals surface area contributed by atoms with Gasteiger partial charge in [0.05, 0.1) is 18.4 Å². The third-order valence-electron chi connectivity index (χ3n) is 5.32. The summed E-state index contributed by atoms with van der Waals surface area (Å²) in [7, 11) is 1.70. The standard InChI is InChI=1S/C24H22N4OS/c1-29-22-10-6-5-9-20(22)24-26-14-19(30-24)16-28-12-11-21-18(15-28)13-25-23(27-21)17-7-3-2-4-8-17/h2-10,13-14H,11-12,15-16H2,1H3. The van der Waals surface area contributed by atoms with Crippen LogP contribution < -0.4 is 4.74 Å². The van der Waals surface area contributed by atoms with Crippen LogP contribution in [0.2, 0.25) is 0 Å². The number of fused-ring (bicyclic) bond motifs is 1. The molecule has 2 aromatic heterocycles. The van der Waals surface area contributed by atoms with Crippen molar-refractivity contribution in [1.29, 1.82) is 0 Å². The molecule has 0 bridgehead atoms. The molecule has 3 heterocycles. The summed E-state index contributed by atoms with van der Waals surface area (Å²) in [6, 6.07) is 18.2. The maximum atomic E-state index is 5.48. The predicted octanol–water partition coefficient (Wildman–Crippen LogP) is 4.83. The minimum Gasteiger partial charge on any atom is -0.496 e. The number of aromatic nitrogens is 3. The van der Waals surface area contributed by atoms with E-state index < -0.39 is 0 Å². The molecule has 2 aromatic carbocycles. The Kier molecular flexibility index (Phi) is 5.26. The largest absolute Gasteiger partial charge is 0.496 e. The van der Waals surface area contributed by atoms with Crippen LogP contribution in [0.15, 0.2) is 67.0 Å². The number of benzene rings is 2. The lowest BCUT2D eigenvalue weighted by Crippen LogP contribution is -2.30. The lowest BCUT2D eigenvalue weighted by atomic mass is 10.1. The van der Waals surface area contributed by atoms with Crippen LogP contribution in [0.25, 0.3) is 22.0 Å². The van der Waals surface area contributed by atoms with Crippen molar-refractivity contribution in [3.8, 4) is 27.7 Å². The second-order valence-corrected chi connectivity index (χ2v) is 8.44. The molecule has 0 N–H and O–H groups in total. The molecule has 150 valence electrons. The summed E-state index contributed by atoms with van der Waals surface area (Å²) in [5.41, 5.74) is 4.49. The minimum absolute atomic E-state index is 0.812. The lowest BCUT2D eigenvalue weighted by molar-refractivity contribution is 0.245. The quantitative estimate of drug-likeness (QED) is 0.468. The first-order valence-electron chi connectivity index (χ1n) is 10.0. The maximum absolute atomic E-state index is 5.48. The van der Waals surface area contributed by atoms with Gasteiger partial charge >= 0.3 is 0 Å². The van der Waals surface area contributed by atoms with E-state index in [0.29, 0.717) is 0 Å². The summed E-state index contributed by atoms with van der Waals surface area (Å²) in [4.78, 5) is 17.8. The van der Waals surface area contributed by atoms with E-state index in [-0.39, 0.29) is 0 Å². The number of hydrogen-bond donors (Lipinski definition) is 0. The molecule has 5 rings (SSSR count). The number of nitrogens with zero attached hydrogens (tertiary/aromatic N) is 4. The van der Waals surface area contributed by atoms with E-state index in [0.717, 1.165) is 53.8 Å². The first kappa shape index (κ1) is 18.9. The number of hydrogen-bond acceptors (Lipinski definition) is 6. The summed E-state index contributed by atoms with van der Waals surface area (Å²) >= 11 is 1.73. The fraction of sp³-hybridized carbons (Fsp3) is 0.208. The first-order valence-corrected chi connectivity index (χ1v) is 10.8. The molecular formula is C24H22N4OS. The molecule has 30 heavy (non-hydrogen) atoms. The monoisotopic (exact) mass is 414 g/mol. The van der Waals surface area contributed by atoms with Gasteiger partial charge in [-0.25, -0.2) is 15.0 Å². The molecule has 0 amide bonds. The Morgan fingerprint density at radius 1 is 1.00 bits per heavy atom. The second kappa shape index (κ2) is 8.34. The average Bonchev–Trinajstić information content (AvgIpc) is 3.27. The van der Waals surface area contributed by atoms with Crippen molar-refractivity contribution in [1.82, 2.24) is 19.9 Å². The molecule has 0 saturated carbocycles. The van der Waals surface area contributed by atoms with Gasteiger partial charge in [0, 0.05) is 54.5 Å². The highest BCUT2D eigenvalue weighted by molar-refractivity contribution is 7.15. The topological polar surface area (TPSA) is 51.1 Å². The molecular weight excluding hydrogens is 392 g/mol. The Morgan fingerprint density at radius 3 is 2.70 bits per heavy atom. The lowest BCUT2D eigenvalue weighted by Gasteiger charge is -2.27. The van der Waals surface area contributed by atoms with Gasteiger partial charge in [0.25, 0.3) is 0 Å². The van der Waals surface area contributed by atoms with Crippen LogP contribution in [0.5, 0.6) is 5.75 Å². The van der Waals surface area contributed by atoms with Crippen LogP contribution >= 0.6 is 11.3 Å². The maximum Gasteiger partial charge on any atom is 0.159 e. The second-order valence-electron chi connectivity index (χ2n) is 7.32. The zero-order chi connectivity index (χ0) is 20.3. The Hall–Kier alpha value is -3.09. The van der Waals surface area contributed by atoms with Gasteiger partial charge in [-0.15, -0.1) is 11.3 Å². The van der Waals surface area contributed by atoms with E-state index in [4.69, 9.17) is 9.72 Å². The Balaban J connectivity index is 1.30. The normalized spacial score (nSPS) is 13.8. The van der Waals surface area contributed by atoms with Crippen LogP contribution in [0.3, 0.4) is 0 Å². The van der Waals surface area contributed by atoms with Crippen molar-refractivity contribution in [3.63, 3.8) is 0 Å². The molecule has 1 aliphatic heterocycles. The van der Waals surface area contributed by atoms with E-state index in [1.54, 1.807) is 18.4 Å². The van der Waals surface area contributed by atoms with E-state index in [1.807, 2.05) is 48.8 Å². The third kappa shape index (κ3) is 3.84. The van der Waals surface area contributed by atoms with E-state index >= 15 is 0 Å². The first-order chi connectivity index (χ1) is 14.8. The van der Waals surface area contributed by atoms with E-state index in [9.17, 15) is 0 Å². The number of methoxy groups -OCH3 is 1. The van der Waals surface area contributed by atoms with Crippen LogP contribution in [0.4, 0.5) is 0 Å². The van der Waals surface area contributed by atoms with Crippen molar-refractivity contribution >= 4 is 11.3 Å². The highest BCUT2D eigenvalue weighted by Crippen LogP contribution is 2.33. The summed E-state index contributed by atoms with van der Waals surface area (Å²) in [6.45, 7) is 2.74. The zero-order valence-corrected chi connectivity index (χ0v) is 17.6. The van der Waals surface area contributed by atoms with Crippen LogP contribution in [-0.4, -0.2) is 33.5 Å². The minimum atomic E-state index is 0.812. The van der Waals surface area contributed by atoms with Crippen molar-refractivity contribution in [2.24, 2.45) is 0 Å². The molecule has 0 fully saturated rings. The van der Waals surface area contributed by atoms with Gasteiger partial charge in [-0.05, 0) is 12.1 Å². The van der Waals surface area contributed by atoms with E-state index in [2.05, 4.69) is 33.1 Å². The molecule has 6 heteroatoms. The average molecular weight is 415 g/mol.